The molecule has 0 radical (unpaired) electrons. The van der Waals surface area contributed by atoms with E-state index in [2.05, 4.69) is 48.7 Å². The summed E-state index contributed by atoms with van der Waals surface area (Å²) in [4.78, 5) is 15.8. The number of anilines is 1. The minimum atomic E-state index is 0.245. The highest BCUT2D eigenvalue weighted by atomic mass is 16.5. The van der Waals surface area contributed by atoms with Crippen LogP contribution >= 0.6 is 0 Å². The first kappa shape index (κ1) is 18.6. The second kappa shape index (κ2) is 8.12. The maximum absolute atomic E-state index is 6.09. The summed E-state index contributed by atoms with van der Waals surface area (Å²) in [5.74, 6) is 1.17. The number of likely N-dealkylation sites (tertiary alicyclic amines) is 1. The quantitative estimate of drug-likeness (QED) is 0.596. The molecule has 4 rings (SSSR count). The molecular weight excluding hydrogens is 356 g/mol. The Morgan fingerprint density at radius 2 is 1.86 bits per heavy atom. The molecule has 3 aromatic rings. The SMILES string of the molecule is COCCOc1nc(N)c2nc(C)n(Cc3cccc(CN4CCC4)c3)c2n1. The van der Waals surface area contributed by atoms with Crippen molar-refractivity contribution in [2.75, 3.05) is 39.1 Å². The highest BCUT2D eigenvalue weighted by Gasteiger charge is 2.17. The second-order valence-electron chi connectivity index (χ2n) is 7.10. The number of hydrogen-bond acceptors (Lipinski definition) is 7. The topological polar surface area (TPSA) is 91.3 Å². The molecule has 0 amide bonds. The van der Waals surface area contributed by atoms with Crippen molar-refractivity contribution < 1.29 is 9.47 Å². The minimum Gasteiger partial charge on any atom is -0.461 e. The molecule has 3 heterocycles. The van der Waals surface area contributed by atoms with Crippen molar-refractivity contribution in [3.05, 3.63) is 41.2 Å². The maximum Gasteiger partial charge on any atom is 0.320 e. The van der Waals surface area contributed by atoms with Gasteiger partial charge in [0.15, 0.2) is 17.0 Å². The first-order valence-corrected chi connectivity index (χ1v) is 9.56. The van der Waals surface area contributed by atoms with Crippen LogP contribution in [-0.4, -0.2) is 57.8 Å². The molecule has 0 spiro atoms. The number of rotatable bonds is 8. The van der Waals surface area contributed by atoms with E-state index >= 15 is 0 Å². The Kier molecular flexibility index (Phi) is 5.40. The summed E-state index contributed by atoms with van der Waals surface area (Å²) in [6.45, 7) is 6.84. The van der Waals surface area contributed by atoms with Crippen molar-refractivity contribution in [3.8, 4) is 6.01 Å². The van der Waals surface area contributed by atoms with E-state index in [0.717, 1.165) is 12.4 Å². The van der Waals surface area contributed by atoms with Gasteiger partial charge in [-0.05, 0) is 37.6 Å². The molecule has 8 nitrogen and oxygen atoms in total. The minimum absolute atomic E-state index is 0.245. The highest BCUT2D eigenvalue weighted by molar-refractivity contribution is 5.82. The smallest absolute Gasteiger partial charge is 0.320 e. The van der Waals surface area contributed by atoms with Crippen molar-refractivity contribution in [1.29, 1.82) is 0 Å². The zero-order chi connectivity index (χ0) is 19.5. The van der Waals surface area contributed by atoms with Gasteiger partial charge >= 0.3 is 6.01 Å². The van der Waals surface area contributed by atoms with Gasteiger partial charge in [0.1, 0.15) is 12.4 Å². The van der Waals surface area contributed by atoms with Crippen molar-refractivity contribution in [1.82, 2.24) is 24.4 Å². The standard InChI is InChI=1S/C20H26N6O2/c1-14-22-17-18(21)23-20(28-10-9-27-2)24-19(17)26(14)13-16-6-3-5-15(11-16)12-25-7-4-8-25/h3,5-6,11H,4,7-10,12-13H2,1-2H3,(H2,21,23,24). The molecule has 2 aromatic heterocycles. The molecule has 1 saturated heterocycles. The second-order valence-corrected chi connectivity index (χ2v) is 7.10. The number of aromatic nitrogens is 4. The number of imidazole rings is 1. The fraction of sp³-hybridized carbons (Fsp3) is 0.450. The molecule has 0 aliphatic carbocycles. The van der Waals surface area contributed by atoms with Crippen molar-refractivity contribution in [2.24, 2.45) is 0 Å². The number of nitrogens with zero attached hydrogens (tertiary/aromatic N) is 5. The Hall–Kier alpha value is -2.71. The zero-order valence-corrected chi connectivity index (χ0v) is 16.4. The Labute approximate surface area is 164 Å². The van der Waals surface area contributed by atoms with E-state index < -0.39 is 0 Å². The Balaban J connectivity index is 1.60. The van der Waals surface area contributed by atoms with Gasteiger partial charge < -0.3 is 19.8 Å². The van der Waals surface area contributed by atoms with Gasteiger partial charge in [-0.15, -0.1) is 0 Å². The van der Waals surface area contributed by atoms with E-state index in [4.69, 9.17) is 15.2 Å². The Bertz CT molecular complexity index is 967. The first-order chi connectivity index (χ1) is 13.6. The van der Waals surface area contributed by atoms with Crippen LogP contribution in [0.4, 0.5) is 5.82 Å². The lowest BCUT2D eigenvalue weighted by Gasteiger charge is -2.30. The summed E-state index contributed by atoms with van der Waals surface area (Å²) in [6, 6.07) is 8.93. The average molecular weight is 382 g/mol. The average Bonchev–Trinajstić information content (AvgIpc) is 2.95. The maximum atomic E-state index is 6.09. The number of methoxy groups -OCH3 is 1. The van der Waals surface area contributed by atoms with Crippen LogP contribution in [0.1, 0.15) is 23.4 Å². The lowest BCUT2D eigenvalue weighted by molar-refractivity contribution is 0.141. The van der Waals surface area contributed by atoms with Crippen molar-refractivity contribution >= 4 is 17.0 Å². The number of benzene rings is 1. The number of hydrogen-bond donors (Lipinski definition) is 1. The van der Waals surface area contributed by atoms with E-state index in [0.29, 0.717) is 36.7 Å². The predicted octanol–water partition coefficient (Wildman–Crippen LogP) is 2.00. The van der Waals surface area contributed by atoms with Crippen LogP contribution in [0, 0.1) is 6.92 Å². The Morgan fingerprint density at radius 3 is 2.57 bits per heavy atom. The highest BCUT2D eigenvalue weighted by Crippen LogP contribution is 2.23. The first-order valence-electron chi connectivity index (χ1n) is 9.56. The summed E-state index contributed by atoms with van der Waals surface area (Å²) in [7, 11) is 1.62. The van der Waals surface area contributed by atoms with Gasteiger partial charge in [-0.1, -0.05) is 24.3 Å². The van der Waals surface area contributed by atoms with E-state index in [1.807, 2.05) is 6.92 Å². The third-order valence-corrected chi connectivity index (χ3v) is 5.00. The number of ether oxygens (including phenoxy) is 2. The number of nitrogens with two attached hydrogens (primary N) is 1. The molecule has 148 valence electrons. The molecule has 0 unspecified atom stereocenters. The lowest BCUT2D eigenvalue weighted by Crippen LogP contribution is -2.36. The molecule has 1 aliphatic heterocycles. The third kappa shape index (κ3) is 3.93. The van der Waals surface area contributed by atoms with Crippen LogP contribution < -0.4 is 10.5 Å². The van der Waals surface area contributed by atoms with Crippen LogP contribution in [0.25, 0.3) is 11.2 Å². The number of nitrogen functional groups attached to an aromatic ring is 1. The van der Waals surface area contributed by atoms with Gasteiger partial charge in [-0.25, -0.2) is 4.98 Å². The third-order valence-electron chi connectivity index (χ3n) is 5.00. The van der Waals surface area contributed by atoms with Gasteiger partial charge in [-0.3, -0.25) is 4.90 Å². The largest absolute Gasteiger partial charge is 0.461 e. The summed E-state index contributed by atoms with van der Waals surface area (Å²) in [6.07, 6.45) is 1.30. The zero-order valence-electron chi connectivity index (χ0n) is 16.4. The fourth-order valence-corrected chi connectivity index (χ4v) is 3.39. The monoisotopic (exact) mass is 382 g/mol. The van der Waals surface area contributed by atoms with Crippen molar-refractivity contribution in [2.45, 2.75) is 26.4 Å². The van der Waals surface area contributed by atoms with E-state index in [1.165, 1.54) is 30.6 Å². The van der Waals surface area contributed by atoms with Gasteiger partial charge in [0.25, 0.3) is 0 Å². The van der Waals surface area contributed by atoms with Crippen LogP contribution in [0.15, 0.2) is 24.3 Å². The summed E-state index contributed by atoms with van der Waals surface area (Å²) >= 11 is 0. The molecule has 0 atom stereocenters. The van der Waals surface area contributed by atoms with E-state index in [9.17, 15) is 0 Å². The molecule has 2 N–H and O–H groups in total. The fourth-order valence-electron chi connectivity index (χ4n) is 3.39. The molecule has 0 bridgehead atoms. The molecule has 1 fully saturated rings. The molecule has 1 aromatic carbocycles. The Morgan fingerprint density at radius 1 is 1.07 bits per heavy atom. The summed E-state index contributed by atoms with van der Waals surface area (Å²) < 4.78 is 12.6. The predicted molar refractivity (Wildman–Crippen MR) is 107 cm³/mol. The van der Waals surface area contributed by atoms with Gasteiger partial charge in [0, 0.05) is 13.7 Å². The number of fused-ring (bicyclic) bond motifs is 1. The normalized spacial score (nSPS) is 14.4. The van der Waals surface area contributed by atoms with E-state index in [1.54, 1.807) is 7.11 Å². The van der Waals surface area contributed by atoms with E-state index in [-0.39, 0.29) is 6.01 Å². The summed E-state index contributed by atoms with van der Waals surface area (Å²) in [5, 5.41) is 0. The lowest BCUT2D eigenvalue weighted by atomic mass is 10.1. The molecule has 0 saturated carbocycles. The van der Waals surface area contributed by atoms with Crippen LogP contribution in [0.2, 0.25) is 0 Å². The van der Waals surface area contributed by atoms with Crippen molar-refractivity contribution in [3.63, 3.8) is 0 Å². The molecule has 1 aliphatic rings. The van der Waals surface area contributed by atoms with Crippen LogP contribution in [0.3, 0.4) is 0 Å². The van der Waals surface area contributed by atoms with Crippen LogP contribution in [0.5, 0.6) is 6.01 Å². The molecule has 28 heavy (non-hydrogen) atoms. The van der Waals surface area contributed by atoms with Gasteiger partial charge in [0.2, 0.25) is 0 Å². The number of aryl methyl sites for hydroxylation is 1. The molecular formula is C20H26N6O2. The summed E-state index contributed by atoms with van der Waals surface area (Å²) in [5.41, 5.74) is 9.92. The van der Waals surface area contributed by atoms with Gasteiger partial charge in [0.05, 0.1) is 13.2 Å². The van der Waals surface area contributed by atoms with Crippen LogP contribution in [-0.2, 0) is 17.8 Å². The van der Waals surface area contributed by atoms with Gasteiger partial charge in [-0.2, -0.15) is 9.97 Å². The molecule has 8 heteroatoms.